The van der Waals surface area contributed by atoms with Gasteiger partial charge in [0.2, 0.25) is 5.88 Å². The number of rotatable bonds is 6. The minimum atomic E-state index is -0.213. The third kappa shape index (κ3) is 3.85. The minimum Gasteiger partial charge on any atom is -0.494 e. The second-order valence-corrected chi connectivity index (χ2v) is 4.31. The Labute approximate surface area is 117 Å². The van der Waals surface area contributed by atoms with Crippen molar-refractivity contribution in [3.05, 3.63) is 46.5 Å². The Morgan fingerprint density at radius 2 is 1.85 bits per heavy atom. The van der Waals surface area contributed by atoms with Crippen molar-refractivity contribution in [3.63, 3.8) is 0 Å². The van der Waals surface area contributed by atoms with E-state index in [9.17, 15) is 4.79 Å². The molecular weight excluding hydrogens is 256 g/mol. The van der Waals surface area contributed by atoms with Crippen molar-refractivity contribution < 1.29 is 9.47 Å². The number of benzene rings is 1. The van der Waals surface area contributed by atoms with Crippen molar-refractivity contribution in [2.75, 3.05) is 6.61 Å². The highest BCUT2D eigenvalue weighted by atomic mass is 16.5. The molecular formula is C15H18N2O3. The van der Waals surface area contributed by atoms with E-state index in [2.05, 4.69) is 16.9 Å². The first-order chi connectivity index (χ1) is 9.71. The molecule has 1 N–H and O–H groups in total. The number of aromatic amines is 1. The smallest absolute Gasteiger partial charge is 0.254 e. The predicted molar refractivity (Wildman–Crippen MR) is 76.5 cm³/mol. The molecule has 5 heteroatoms. The standard InChI is InChI=1S/C15H18N2O3/c1-3-9-19-11-5-7-12(8-6-11)20-15-10-14(18)16-13(4-2)17-15/h5-8,10H,3-4,9H2,1-2H3,(H,16,17,18). The molecule has 0 saturated carbocycles. The number of ether oxygens (including phenoxy) is 2. The topological polar surface area (TPSA) is 64.2 Å². The maximum Gasteiger partial charge on any atom is 0.254 e. The molecule has 0 spiro atoms. The summed E-state index contributed by atoms with van der Waals surface area (Å²) in [7, 11) is 0. The third-order valence-electron chi connectivity index (χ3n) is 2.62. The van der Waals surface area contributed by atoms with Gasteiger partial charge in [-0.05, 0) is 30.7 Å². The van der Waals surface area contributed by atoms with Gasteiger partial charge in [-0.2, -0.15) is 4.98 Å². The van der Waals surface area contributed by atoms with Gasteiger partial charge in [0.1, 0.15) is 17.3 Å². The van der Waals surface area contributed by atoms with Crippen LogP contribution in [0.5, 0.6) is 17.4 Å². The van der Waals surface area contributed by atoms with Crippen LogP contribution in [0.1, 0.15) is 26.1 Å². The fourth-order valence-corrected chi connectivity index (χ4v) is 1.65. The van der Waals surface area contributed by atoms with Crippen LogP contribution in [0.25, 0.3) is 0 Å². The van der Waals surface area contributed by atoms with Crippen LogP contribution in [0.4, 0.5) is 0 Å². The van der Waals surface area contributed by atoms with Crippen LogP contribution in [0.3, 0.4) is 0 Å². The Morgan fingerprint density at radius 1 is 1.15 bits per heavy atom. The number of hydrogen-bond donors (Lipinski definition) is 1. The highest BCUT2D eigenvalue weighted by Crippen LogP contribution is 2.21. The summed E-state index contributed by atoms with van der Waals surface area (Å²) in [4.78, 5) is 18.3. The Kier molecular flexibility index (Phi) is 4.76. The molecule has 0 saturated heterocycles. The van der Waals surface area contributed by atoms with Gasteiger partial charge < -0.3 is 14.5 Å². The lowest BCUT2D eigenvalue weighted by Crippen LogP contribution is -2.10. The molecule has 1 heterocycles. The molecule has 0 amide bonds. The minimum absolute atomic E-state index is 0.213. The van der Waals surface area contributed by atoms with E-state index in [1.54, 1.807) is 12.1 Å². The van der Waals surface area contributed by atoms with Crippen LogP contribution in [0.15, 0.2) is 35.1 Å². The molecule has 106 valence electrons. The number of H-pyrrole nitrogens is 1. The van der Waals surface area contributed by atoms with Gasteiger partial charge in [-0.1, -0.05) is 13.8 Å². The molecule has 0 aliphatic carbocycles. The Hall–Kier alpha value is -2.30. The summed E-state index contributed by atoms with van der Waals surface area (Å²) >= 11 is 0. The van der Waals surface area contributed by atoms with Crippen molar-refractivity contribution >= 4 is 0 Å². The maximum atomic E-state index is 11.4. The highest BCUT2D eigenvalue weighted by molar-refractivity contribution is 5.33. The number of aryl methyl sites for hydroxylation is 1. The number of aromatic nitrogens is 2. The predicted octanol–water partition coefficient (Wildman–Crippen LogP) is 2.91. The summed E-state index contributed by atoms with van der Waals surface area (Å²) < 4.78 is 11.1. The van der Waals surface area contributed by atoms with Gasteiger partial charge in [-0.15, -0.1) is 0 Å². The van der Waals surface area contributed by atoms with Crippen molar-refractivity contribution in [2.45, 2.75) is 26.7 Å². The van der Waals surface area contributed by atoms with Gasteiger partial charge in [0.25, 0.3) is 5.56 Å². The van der Waals surface area contributed by atoms with E-state index in [-0.39, 0.29) is 5.56 Å². The fourth-order valence-electron chi connectivity index (χ4n) is 1.65. The lowest BCUT2D eigenvalue weighted by atomic mass is 10.3. The van der Waals surface area contributed by atoms with Crippen LogP contribution in [0, 0.1) is 0 Å². The molecule has 0 unspecified atom stereocenters. The second-order valence-electron chi connectivity index (χ2n) is 4.31. The second kappa shape index (κ2) is 6.75. The number of hydrogen-bond acceptors (Lipinski definition) is 4. The van der Waals surface area contributed by atoms with Crippen LogP contribution in [0.2, 0.25) is 0 Å². The number of nitrogens with zero attached hydrogens (tertiary/aromatic N) is 1. The van der Waals surface area contributed by atoms with E-state index < -0.39 is 0 Å². The van der Waals surface area contributed by atoms with Gasteiger partial charge >= 0.3 is 0 Å². The summed E-state index contributed by atoms with van der Waals surface area (Å²) in [5.74, 6) is 2.32. The average molecular weight is 274 g/mol. The molecule has 0 atom stereocenters. The molecule has 1 aromatic carbocycles. The van der Waals surface area contributed by atoms with E-state index in [1.807, 2.05) is 19.1 Å². The Morgan fingerprint density at radius 3 is 2.50 bits per heavy atom. The van der Waals surface area contributed by atoms with Crippen molar-refractivity contribution in [1.29, 1.82) is 0 Å². The average Bonchev–Trinajstić information content (AvgIpc) is 2.46. The summed E-state index contributed by atoms with van der Waals surface area (Å²) in [6, 6.07) is 8.58. The van der Waals surface area contributed by atoms with Crippen LogP contribution >= 0.6 is 0 Å². The third-order valence-corrected chi connectivity index (χ3v) is 2.62. The molecule has 20 heavy (non-hydrogen) atoms. The molecule has 0 aliphatic heterocycles. The molecule has 5 nitrogen and oxygen atoms in total. The summed E-state index contributed by atoms with van der Waals surface area (Å²) in [6.07, 6.45) is 1.62. The molecule has 2 rings (SSSR count). The molecule has 0 bridgehead atoms. The zero-order chi connectivity index (χ0) is 14.4. The lowest BCUT2D eigenvalue weighted by molar-refractivity contribution is 0.317. The van der Waals surface area contributed by atoms with E-state index >= 15 is 0 Å². The quantitative estimate of drug-likeness (QED) is 0.879. The lowest BCUT2D eigenvalue weighted by Gasteiger charge is -2.07. The Bertz CT molecular complexity index is 605. The van der Waals surface area contributed by atoms with Crippen LogP contribution in [-0.4, -0.2) is 16.6 Å². The van der Waals surface area contributed by atoms with Crippen LogP contribution in [-0.2, 0) is 6.42 Å². The zero-order valence-corrected chi connectivity index (χ0v) is 11.7. The summed E-state index contributed by atoms with van der Waals surface area (Å²) in [5.41, 5.74) is -0.213. The van der Waals surface area contributed by atoms with Crippen LogP contribution < -0.4 is 15.0 Å². The first-order valence-corrected chi connectivity index (χ1v) is 6.72. The largest absolute Gasteiger partial charge is 0.494 e. The summed E-state index contributed by atoms with van der Waals surface area (Å²) in [6.45, 7) is 4.67. The SMILES string of the molecule is CCCOc1ccc(Oc2cc(=O)[nH]c(CC)n2)cc1. The summed E-state index contributed by atoms with van der Waals surface area (Å²) in [5, 5.41) is 0. The van der Waals surface area contributed by atoms with Crippen molar-refractivity contribution in [1.82, 2.24) is 9.97 Å². The molecule has 2 aromatic rings. The first kappa shape index (κ1) is 14.1. The Balaban J connectivity index is 2.09. The van der Waals surface area contributed by atoms with Gasteiger partial charge in [-0.3, -0.25) is 4.79 Å². The van der Waals surface area contributed by atoms with E-state index in [0.717, 1.165) is 12.2 Å². The molecule has 1 aromatic heterocycles. The number of nitrogens with one attached hydrogen (secondary N) is 1. The molecule has 0 radical (unpaired) electrons. The fraction of sp³-hybridized carbons (Fsp3) is 0.333. The normalized spacial score (nSPS) is 10.3. The van der Waals surface area contributed by atoms with Gasteiger partial charge in [0, 0.05) is 6.42 Å². The molecule has 0 fully saturated rings. The van der Waals surface area contributed by atoms with E-state index in [0.29, 0.717) is 30.5 Å². The first-order valence-electron chi connectivity index (χ1n) is 6.72. The van der Waals surface area contributed by atoms with Gasteiger partial charge in [-0.25, -0.2) is 0 Å². The van der Waals surface area contributed by atoms with Gasteiger partial charge in [0.15, 0.2) is 0 Å². The van der Waals surface area contributed by atoms with Crippen molar-refractivity contribution in [2.24, 2.45) is 0 Å². The van der Waals surface area contributed by atoms with E-state index in [4.69, 9.17) is 9.47 Å². The van der Waals surface area contributed by atoms with Gasteiger partial charge in [0.05, 0.1) is 12.7 Å². The highest BCUT2D eigenvalue weighted by Gasteiger charge is 2.03. The maximum absolute atomic E-state index is 11.4. The van der Waals surface area contributed by atoms with E-state index in [1.165, 1.54) is 6.07 Å². The monoisotopic (exact) mass is 274 g/mol. The van der Waals surface area contributed by atoms with Crippen molar-refractivity contribution in [3.8, 4) is 17.4 Å². The molecule has 0 aliphatic rings. The zero-order valence-electron chi connectivity index (χ0n) is 11.7.